The molecular formula is C15H18FNO5. The van der Waals surface area contributed by atoms with Crippen LogP contribution < -0.4 is 14.8 Å². The summed E-state index contributed by atoms with van der Waals surface area (Å²) in [6.45, 7) is -1.14. The summed E-state index contributed by atoms with van der Waals surface area (Å²) in [6.07, 6.45) is 0.563. The lowest BCUT2D eigenvalue weighted by Crippen LogP contribution is -2.43. The second-order valence-corrected chi connectivity index (χ2v) is 5.11. The number of rotatable bonds is 7. The molecule has 1 aromatic rings. The van der Waals surface area contributed by atoms with E-state index in [1.54, 1.807) is 25.3 Å². The van der Waals surface area contributed by atoms with Gasteiger partial charge in [-0.25, -0.2) is 9.18 Å². The van der Waals surface area contributed by atoms with Crippen molar-refractivity contribution in [2.24, 2.45) is 5.92 Å². The Labute approximate surface area is 127 Å². The zero-order valence-electron chi connectivity index (χ0n) is 12.3. The number of halogens is 1. The van der Waals surface area contributed by atoms with E-state index < -0.39 is 24.6 Å². The summed E-state index contributed by atoms with van der Waals surface area (Å²) < 4.78 is 23.0. The molecule has 3 atom stereocenters. The summed E-state index contributed by atoms with van der Waals surface area (Å²) in [6, 6.07) is 3.80. The molecule has 1 fully saturated rings. The Bertz CT molecular complexity index is 577. The average Bonchev–Trinajstić information content (AvgIpc) is 3.31. The van der Waals surface area contributed by atoms with Crippen molar-refractivity contribution in [1.82, 2.24) is 5.32 Å². The number of carboxylic acid groups (broad SMARTS) is 1. The van der Waals surface area contributed by atoms with Crippen LogP contribution in [0.2, 0.25) is 0 Å². The third-order valence-corrected chi connectivity index (χ3v) is 3.73. The summed E-state index contributed by atoms with van der Waals surface area (Å²) in [5, 5.41) is 11.0. The average molecular weight is 311 g/mol. The SMILES string of the molecule is COc1ccc(OC)c(C2CC2C(=O)NC(CF)C(=O)O)c1. The molecule has 0 spiro atoms. The van der Waals surface area contributed by atoms with Crippen molar-refractivity contribution < 1.29 is 28.6 Å². The van der Waals surface area contributed by atoms with Gasteiger partial charge in [-0.3, -0.25) is 4.79 Å². The fraction of sp³-hybridized carbons (Fsp3) is 0.467. The van der Waals surface area contributed by atoms with Crippen molar-refractivity contribution in [3.05, 3.63) is 23.8 Å². The van der Waals surface area contributed by atoms with Crippen LogP contribution in [0, 0.1) is 5.92 Å². The molecule has 2 rings (SSSR count). The third-order valence-electron chi connectivity index (χ3n) is 3.73. The topological polar surface area (TPSA) is 84.9 Å². The highest BCUT2D eigenvalue weighted by molar-refractivity contribution is 5.87. The predicted molar refractivity (Wildman–Crippen MR) is 75.9 cm³/mol. The summed E-state index contributed by atoms with van der Waals surface area (Å²) >= 11 is 0. The molecule has 0 aliphatic heterocycles. The fourth-order valence-corrected chi connectivity index (χ4v) is 2.40. The molecule has 120 valence electrons. The van der Waals surface area contributed by atoms with E-state index in [-0.39, 0.29) is 11.8 Å². The molecule has 1 amide bonds. The molecule has 1 aliphatic rings. The van der Waals surface area contributed by atoms with E-state index >= 15 is 0 Å². The largest absolute Gasteiger partial charge is 0.497 e. The number of ether oxygens (including phenoxy) is 2. The predicted octanol–water partition coefficient (Wildman–Crippen LogP) is 1.35. The number of amides is 1. The Balaban J connectivity index is 2.08. The first kappa shape index (κ1) is 16.1. The minimum Gasteiger partial charge on any atom is -0.497 e. The van der Waals surface area contributed by atoms with E-state index in [0.29, 0.717) is 17.9 Å². The zero-order valence-corrected chi connectivity index (χ0v) is 12.3. The van der Waals surface area contributed by atoms with Crippen molar-refractivity contribution in [1.29, 1.82) is 0 Å². The van der Waals surface area contributed by atoms with Crippen molar-refractivity contribution in [2.75, 3.05) is 20.9 Å². The number of methoxy groups -OCH3 is 2. The zero-order chi connectivity index (χ0) is 16.3. The molecule has 0 heterocycles. The second-order valence-electron chi connectivity index (χ2n) is 5.11. The number of nitrogens with one attached hydrogen (secondary N) is 1. The van der Waals surface area contributed by atoms with E-state index in [1.165, 1.54) is 7.11 Å². The van der Waals surface area contributed by atoms with Crippen LogP contribution in [0.4, 0.5) is 4.39 Å². The van der Waals surface area contributed by atoms with Gasteiger partial charge in [0.1, 0.15) is 18.2 Å². The first-order valence-electron chi connectivity index (χ1n) is 6.82. The summed E-state index contributed by atoms with van der Waals surface area (Å²) in [7, 11) is 3.08. The fourth-order valence-electron chi connectivity index (χ4n) is 2.40. The van der Waals surface area contributed by atoms with Gasteiger partial charge in [0.15, 0.2) is 6.04 Å². The normalized spacial score (nSPS) is 20.9. The molecule has 6 nitrogen and oxygen atoms in total. The maximum Gasteiger partial charge on any atom is 0.328 e. The maximum atomic E-state index is 12.6. The molecular weight excluding hydrogens is 293 g/mol. The molecule has 1 aliphatic carbocycles. The molecule has 22 heavy (non-hydrogen) atoms. The Kier molecular flexibility index (Phi) is 4.85. The van der Waals surface area contributed by atoms with Crippen LogP contribution in [0.1, 0.15) is 17.9 Å². The summed E-state index contributed by atoms with van der Waals surface area (Å²) in [4.78, 5) is 22.8. The smallest absolute Gasteiger partial charge is 0.328 e. The van der Waals surface area contributed by atoms with E-state index in [1.807, 2.05) is 0 Å². The first-order valence-corrected chi connectivity index (χ1v) is 6.82. The monoisotopic (exact) mass is 311 g/mol. The van der Waals surface area contributed by atoms with E-state index in [0.717, 1.165) is 5.56 Å². The van der Waals surface area contributed by atoms with Crippen LogP contribution in [0.5, 0.6) is 11.5 Å². The van der Waals surface area contributed by atoms with Crippen LogP contribution in [0.15, 0.2) is 18.2 Å². The minimum atomic E-state index is -1.50. The second kappa shape index (κ2) is 6.64. The van der Waals surface area contributed by atoms with Gasteiger partial charge >= 0.3 is 5.97 Å². The molecule has 3 unspecified atom stereocenters. The summed E-state index contributed by atoms with van der Waals surface area (Å²) in [5.74, 6) is -1.02. The van der Waals surface area contributed by atoms with Gasteiger partial charge in [0.05, 0.1) is 14.2 Å². The Morgan fingerprint density at radius 2 is 2.14 bits per heavy atom. The van der Waals surface area contributed by atoms with Crippen molar-refractivity contribution in [3.63, 3.8) is 0 Å². The van der Waals surface area contributed by atoms with Crippen LogP contribution in [0.25, 0.3) is 0 Å². The lowest BCUT2D eigenvalue weighted by Gasteiger charge is -2.12. The number of carboxylic acids is 1. The van der Waals surface area contributed by atoms with Crippen molar-refractivity contribution in [3.8, 4) is 11.5 Å². The van der Waals surface area contributed by atoms with Gasteiger partial charge < -0.3 is 19.9 Å². The third kappa shape index (κ3) is 3.29. The highest BCUT2D eigenvalue weighted by Gasteiger charge is 2.46. The molecule has 0 radical (unpaired) electrons. The lowest BCUT2D eigenvalue weighted by atomic mass is 10.1. The van der Waals surface area contributed by atoms with Crippen LogP contribution >= 0.6 is 0 Å². The number of hydrogen-bond acceptors (Lipinski definition) is 4. The van der Waals surface area contributed by atoms with Crippen LogP contribution in [-0.4, -0.2) is 43.9 Å². The van der Waals surface area contributed by atoms with Gasteiger partial charge in [0, 0.05) is 17.4 Å². The van der Waals surface area contributed by atoms with Crippen LogP contribution in [0.3, 0.4) is 0 Å². The van der Waals surface area contributed by atoms with Gasteiger partial charge in [0.2, 0.25) is 5.91 Å². The highest BCUT2D eigenvalue weighted by Crippen LogP contribution is 2.51. The quantitative estimate of drug-likeness (QED) is 0.794. The van der Waals surface area contributed by atoms with Gasteiger partial charge in [-0.15, -0.1) is 0 Å². The lowest BCUT2D eigenvalue weighted by molar-refractivity contribution is -0.142. The first-order chi connectivity index (χ1) is 10.5. The van der Waals surface area contributed by atoms with Crippen molar-refractivity contribution in [2.45, 2.75) is 18.4 Å². The molecule has 1 saturated carbocycles. The van der Waals surface area contributed by atoms with Crippen LogP contribution in [-0.2, 0) is 9.59 Å². The van der Waals surface area contributed by atoms with E-state index in [4.69, 9.17) is 14.6 Å². The van der Waals surface area contributed by atoms with Gasteiger partial charge in [-0.05, 0) is 24.6 Å². The maximum absolute atomic E-state index is 12.6. The standard InChI is InChI=1S/C15H18FNO5/c1-21-8-3-4-13(22-2)10(5-8)9-6-11(9)14(18)17-12(7-16)15(19)20/h3-5,9,11-12H,6-7H2,1-2H3,(H,17,18)(H,19,20). The number of benzene rings is 1. The van der Waals surface area contributed by atoms with E-state index in [2.05, 4.69) is 5.32 Å². The number of aliphatic carboxylic acids is 1. The number of hydrogen-bond donors (Lipinski definition) is 2. The number of alkyl halides is 1. The molecule has 0 aromatic heterocycles. The molecule has 0 bridgehead atoms. The van der Waals surface area contributed by atoms with Gasteiger partial charge in [0.25, 0.3) is 0 Å². The van der Waals surface area contributed by atoms with Gasteiger partial charge in [-0.1, -0.05) is 0 Å². The van der Waals surface area contributed by atoms with E-state index in [9.17, 15) is 14.0 Å². The van der Waals surface area contributed by atoms with Gasteiger partial charge in [-0.2, -0.15) is 0 Å². The summed E-state index contributed by atoms with van der Waals surface area (Å²) in [5.41, 5.74) is 0.828. The minimum absolute atomic E-state index is 0.0842. The molecule has 7 heteroatoms. The Morgan fingerprint density at radius 1 is 1.41 bits per heavy atom. The van der Waals surface area contributed by atoms with Crippen molar-refractivity contribution >= 4 is 11.9 Å². The highest BCUT2D eigenvalue weighted by atomic mass is 19.1. The molecule has 2 N–H and O–H groups in total. The number of carbonyl (C=O) groups excluding carboxylic acids is 1. The molecule has 0 saturated heterocycles. The molecule has 1 aromatic carbocycles. The Hall–Kier alpha value is -2.31. The Morgan fingerprint density at radius 3 is 2.68 bits per heavy atom. The number of carbonyl (C=O) groups is 2.